The fraction of sp³-hybridized carbons (Fsp3) is 0.412. The highest BCUT2D eigenvalue weighted by molar-refractivity contribution is 5.99. The number of para-hydroxylation sites is 1. The molecule has 0 bridgehead atoms. The minimum Gasteiger partial charge on any atom is -0.422 e. The first-order valence-corrected chi connectivity index (χ1v) is 7.56. The fourth-order valence-corrected chi connectivity index (χ4v) is 3.13. The van der Waals surface area contributed by atoms with E-state index in [2.05, 4.69) is 5.32 Å². The SMILES string of the molecule is Cc1c(C(=O)NCC2CCCC2O)c(=O)oc2ccccc12. The Hall–Kier alpha value is -2.14. The van der Waals surface area contributed by atoms with Crippen molar-refractivity contribution in [3.8, 4) is 0 Å². The second-order valence-electron chi connectivity index (χ2n) is 5.85. The number of carbonyl (C=O) groups is 1. The van der Waals surface area contributed by atoms with E-state index in [1.54, 1.807) is 19.1 Å². The average Bonchev–Trinajstić information content (AvgIpc) is 2.90. The van der Waals surface area contributed by atoms with Crippen molar-refractivity contribution in [2.45, 2.75) is 32.3 Å². The van der Waals surface area contributed by atoms with Crippen LogP contribution in [0.4, 0.5) is 0 Å². The summed E-state index contributed by atoms with van der Waals surface area (Å²) in [4.78, 5) is 24.4. The molecule has 0 saturated heterocycles. The summed E-state index contributed by atoms with van der Waals surface area (Å²) in [6.45, 7) is 2.13. The summed E-state index contributed by atoms with van der Waals surface area (Å²) in [6.07, 6.45) is 2.28. The Morgan fingerprint density at radius 1 is 1.36 bits per heavy atom. The van der Waals surface area contributed by atoms with Gasteiger partial charge in [0.2, 0.25) is 0 Å². The summed E-state index contributed by atoms with van der Waals surface area (Å²) in [5.41, 5.74) is 0.524. The molecule has 0 spiro atoms. The molecule has 1 amide bonds. The minimum atomic E-state index is -0.624. The fourth-order valence-electron chi connectivity index (χ4n) is 3.13. The molecule has 0 aliphatic heterocycles. The molecule has 2 unspecified atom stereocenters. The number of nitrogens with one attached hydrogen (secondary N) is 1. The number of fused-ring (bicyclic) bond motifs is 1. The van der Waals surface area contributed by atoms with Crippen LogP contribution in [0.5, 0.6) is 0 Å². The quantitative estimate of drug-likeness (QED) is 0.850. The Morgan fingerprint density at radius 2 is 2.14 bits per heavy atom. The van der Waals surface area contributed by atoms with Gasteiger partial charge in [-0.2, -0.15) is 0 Å². The van der Waals surface area contributed by atoms with Crippen LogP contribution in [0.3, 0.4) is 0 Å². The van der Waals surface area contributed by atoms with Gasteiger partial charge in [0.25, 0.3) is 5.91 Å². The largest absolute Gasteiger partial charge is 0.422 e. The number of benzene rings is 1. The predicted molar refractivity (Wildman–Crippen MR) is 82.9 cm³/mol. The van der Waals surface area contributed by atoms with Crippen LogP contribution in [0.15, 0.2) is 33.5 Å². The van der Waals surface area contributed by atoms with Crippen LogP contribution in [-0.2, 0) is 0 Å². The van der Waals surface area contributed by atoms with E-state index in [4.69, 9.17) is 4.42 Å². The standard InChI is InChI=1S/C17H19NO4/c1-10-12-6-2-3-8-14(12)22-17(21)15(10)16(20)18-9-11-5-4-7-13(11)19/h2-3,6,8,11,13,19H,4-5,7,9H2,1H3,(H,18,20). The Balaban J connectivity index is 1.86. The van der Waals surface area contributed by atoms with Crippen LogP contribution in [0.2, 0.25) is 0 Å². The van der Waals surface area contributed by atoms with Gasteiger partial charge in [-0.05, 0) is 31.4 Å². The van der Waals surface area contributed by atoms with Crippen LogP contribution in [0.1, 0.15) is 35.2 Å². The lowest BCUT2D eigenvalue weighted by Crippen LogP contribution is -2.35. The molecule has 116 valence electrons. The van der Waals surface area contributed by atoms with Gasteiger partial charge in [-0.15, -0.1) is 0 Å². The number of rotatable bonds is 3. The molecule has 1 aromatic carbocycles. The molecule has 1 saturated carbocycles. The highest BCUT2D eigenvalue weighted by atomic mass is 16.4. The van der Waals surface area contributed by atoms with Gasteiger partial charge in [-0.1, -0.05) is 24.6 Å². The van der Waals surface area contributed by atoms with Crippen LogP contribution < -0.4 is 10.9 Å². The van der Waals surface area contributed by atoms with Crippen LogP contribution in [0, 0.1) is 12.8 Å². The molecule has 2 aromatic rings. The van der Waals surface area contributed by atoms with Gasteiger partial charge >= 0.3 is 5.63 Å². The molecule has 1 aliphatic rings. The monoisotopic (exact) mass is 301 g/mol. The molecular formula is C17H19NO4. The van der Waals surface area contributed by atoms with Crippen molar-refractivity contribution in [3.05, 3.63) is 45.8 Å². The lowest BCUT2D eigenvalue weighted by atomic mass is 10.0. The molecule has 1 fully saturated rings. The average molecular weight is 301 g/mol. The van der Waals surface area contributed by atoms with Gasteiger partial charge < -0.3 is 14.8 Å². The first-order valence-electron chi connectivity index (χ1n) is 7.56. The van der Waals surface area contributed by atoms with E-state index >= 15 is 0 Å². The molecule has 3 rings (SSSR count). The molecule has 1 aromatic heterocycles. The third-order valence-electron chi connectivity index (χ3n) is 4.44. The van der Waals surface area contributed by atoms with Crippen molar-refractivity contribution >= 4 is 16.9 Å². The zero-order valence-corrected chi connectivity index (χ0v) is 12.5. The molecule has 1 aliphatic carbocycles. The van der Waals surface area contributed by atoms with Gasteiger partial charge in [0.15, 0.2) is 0 Å². The van der Waals surface area contributed by atoms with Crippen molar-refractivity contribution < 1.29 is 14.3 Å². The first kappa shape index (κ1) is 14.8. The van der Waals surface area contributed by atoms with E-state index in [0.717, 1.165) is 24.6 Å². The normalized spacial score (nSPS) is 21.2. The lowest BCUT2D eigenvalue weighted by Gasteiger charge is -2.15. The van der Waals surface area contributed by atoms with E-state index in [0.29, 0.717) is 17.7 Å². The third-order valence-corrected chi connectivity index (χ3v) is 4.44. The van der Waals surface area contributed by atoms with E-state index in [9.17, 15) is 14.7 Å². The van der Waals surface area contributed by atoms with Gasteiger partial charge in [0.1, 0.15) is 11.1 Å². The predicted octanol–water partition coefficient (Wildman–Crippen LogP) is 1.99. The Morgan fingerprint density at radius 3 is 2.86 bits per heavy atom. The maximum Gasteiger partial charge on any atom is 0.349 e. The highest BCUT2D eigenvalue weighted by Crippen LogP contribution is 2.25. The number of hydrogen-bond donors (Lipinski definition) is 2. The van der Waals surface area contributed by atoms with Crippen LogP contribution in [0.25, 0.3) is 11.0 Å². The van der Waals surface area contributed by atoms with Gasteiger partial charge in [0.05, 0.1) is 6.10 Å². The molecule has 5 heteroatoms. The lowest BCUT2D eigenvalue weighted by molar-refractivity contribution is 0.0913. The van der Waals surface area contributed by atoms with Crippen LogP contribution >= 0.6 is 0 Å². The Bertz CT molecular complexity index is 765. The van der Waals surface area contributed by atoms with Crippen molar-refractivity contribution in [1.29, 1.82) is 0 Å². The van der Waals surface area contributed by atoms with E-state index in [-0.39, 0.29) is 17.6 Å². The van der Waals surface area contributed by atoms with Crippen LogP contribution in [-0.4, -0.2) is 23.7 Å². The molecule has 2 atom stereocenters. The van der Waals surface area contributed by atoms with E-state index in [1.165, 1.54) is 0 Å². The Labute approximate surface area is 127 Å². The van der Waals surface area contributed by atoms with E-state index < -0.39 is 11.5 Å². The Kier molecular flexibility index (Phi) is 3.98. The molecular weight excluding hydrogens is 282 g/mol. The summed E-state index contributed by atoms with van der Waals surface area (Å²) in [5, 5.41) is 13.3. The third kappa shape index (κ3) is 2.64. The maximum atomic E-state index is 12.3. The smallest absolute Gasteiger partial charge is 0.349 e. The molecule has 1 heterocycles. The summed E-state index contributed by atoms with van der Waals surface area (Å²) in [7, 11) is 0. The molecule has 22 heavy (non-hydrogen) atoms. The van der Waals surface area contributed by atoms with Gasteiger partial charge in [-0.3, -0.25) is 4.79 Å². The second-order valence-corrected chi connectivity index (χ2v) is 5.85. The topological polar surface area (TPSA) is 79.5 Å². The number of amides is 1. The highest BCUT2D eigenvalue weighted by Gasteiger charge is 2.26. The number of aliphatic hydroxyl groups is 1. The summed E-state index contributed by atoms with van der Waals surface area (Å²) < 4.78 is 5.22. The van der Waals surface area contributed by atoms with Crippen molar-refractivity contribution in [2.75, 3.05) is 6.54 Å². The van der Waals surface area contributed by atoms with Gasteiger partial charge in [0, 0.05) is 17.8 Å². The summed E-state index contributed by atoms with van der Waals surface area (Å²) in [6, 6.07) is 7.16. The second kappa shape index (κ2) is 5.93. The zero-order chi connectivity index (χ0) is 15.7. The zero-order valence-electron chi connectivity index (χ0n) is 12.5. The first-order chi connectivity index (χ1) is 10.6. The summed E-state index contributed by atoms with van der Waals surface area (Å²) >= 11 is 0. The molecule has 5 nitrogen and oxygen atoms in total. The number of aryl methyl sites for hydroxylation is 1. The van der Waals surface area contributed by atoms with Gasteiger partial charge in [-0.25, -0.2) is 4.79 Å². The number of hydrogen-bond acceptors (Lipinski definition) is 4. The minimum absolute atomic E-state index is 0.0474. The number of carbonyl (C=O) groups excluding carboxylic acids is 1. The van der Waals surface area contributed by atoms with Crippen molar-refractivity contribution in [1.82, 2.24) is 5.32 Å². The van der Waals surface area contributed by atoms with Crippen molar-refractivity contribution in [2.24, 2.45) is 5.92 Å². The molecule has 0 radical (unpaired) electrons. The maximum absolute atomic E-state index is 12.3. The number of aliphatic hydroxyl groups excluding tert-OH is 1. The molecule has 2 N–H and O–H groups in total. The van der Waals surface area contributed by atoms with Crippen molar-refractivity contribution in [3.63, 3.8) is 0 Å². The summed E-state index contributed by atoms with van der Waals surface area (Å²) in [5.74, 6) is -0.368. The van der Waals surface area contributed by atoms with E-state index in [1.807, 2.05) is 12.1 Å².